The van der Waals surface area contributed by atoms with E-state index < -0.39 is 9.84 Å². The number of methoxy groups -OCH3 is 1. The van der Waals surface area contributed by atoms with E-state index in [0.717, 1.165) is 0 Å². The average molecular weight is 245 g/mol. The topological polar surface area (TPSA) is 43.4 Å². The Morgan fingerprint density at radius 2 is 2.13 bits per heavy atom. The molecule has 1 heterocycles. The lowest BCUT2D eigenvalue weighted by atomic mass is 10.1. The maximum atomic E-state index is 11.7. The van der Waals surface area contributed by atoms with Crippen LogP contribution in [0.4, 0.5) is 0 Å². The minimum absolute atomic E-state index is 0.193. The van der Waals surface area contributed by atoms with Crippen LogP contribution in [-0.2, 0) is 14.6 Å². The molecule has 0 aliphatic carbocycles. The first-order valence-electron chi connectivity index (χ1n) is 4.30. The van der Waals surface area contributed by atoms with Crippen LogP contribution >= 0.6 is 11.6 Å². The van der Waals surface area contributed by atoms with E-state index in [0.29, 0.717) is 11.1 Å². The van der Waals surface area contributed by atoms with Crippen LogP contribution in [0.25, 0.3) is 5.57 Å². The van der Waals surface area contributed by atoms with Gasteiger partial charge in [-0.15, -0.1) is 0 Å². The second-order valence-electron chi connectivity index (χ2n) is 3.24. The van der Waals surface area contributed by atoms with Crippen molar-refractivity contribution >= 4 is 27.0 Å². The molecule has 0 N–H and O–H groups in total. The van der Waals surface area contributed by atoms with Gasteiger partial charge >= 0.3 is 0 Å². The van der Waals surface area contributed by atoms with Crippen LogP contribution in [0.2, 0.25) is 5.02 Å². The maximum Gasteiger partial charge on any atom is 0.202 e. The zero-order valence-electron chi connectivity index (χ0n) is 8.03. The van der Waals surface area contributed by atoms with Gasteiger partial charge in [0.25, 0.3) is 0 Å². The molecule has 0 radical (unpaired) electrons. The molecule has 0 spiro atoms. The quantitative estimate of drug-likeness (QED) is 0.800. The molecular formula is C10H9ClO3S. The van der Waals surface area contributed by atoms with Crippen LogP contribution in [0.3, 0.4) is 0 Å². The number of ether oxygens (including phenoxy) is 1. The zero-order chi connectivity index (χ0) is 11.1. The molecule has 0 saturated heterocycles. The molecule has 2 rings (SSSR count). The number of rotatable bonds is 2. The molecule has 0 fully saturated rings. The van der Waals surface area contributed by atoms with Crippen molar-refractivity contribution in [1.82, 2.24) is 0 Å². The van der Waals surface area contributed by atoms with E-state index in [1.165, 1.54) is 12.5 Å². The monoisotopic (exact) mass is 244 g/mol. The minimum Gasteiger partial charge on any atom is -0.380 e. The SMILES string of the molecule is COCC1=CS(=O)(=O)c2c(Cl)cccc21. The number of halogens is 1. The van der Waals surface area contributed by atoms with Crippen LogP contribution in [0, 0.1) is 0 Å². The third kappa shape index (κ3) is 1.69. The molecule has 0 amide bonds. The van der Waals surface area contributed by atoms with Gasteiger partial charge < -0.3 is 4.74 Å². The summed E-state index contributed by atoms with van der Waals surface area (Å²) in [6.45, 7) is 0.270. The molecular weight excluding hydrogens is 236 g/mol. The van der Waals surface area contributed by atoms with Crippen molar-refractivity contribution in [3.05, 3.63) is 34.2 Å². The molecule has 3 nitrogen and oxygen atoms in total. The molecule has 0 atom stereocenters. The summed E-state index contributed by atoms with van der Waals surface area (Å²) in [6.07, 6.45) is 0. The predicted molar refractivity (Wildman–Crippen MR) is 58.5 cm³/mol. The first kappa shape index (κ1) is 10.7. The van der Waals surface area contributed by atoms with Crippen molar-refractivity contribution in [1.29, 1.82) is 0 Å². The Balaban J connectivity index is 2.68. The van der Waals surface area contributed by atoms with E-state index in [1.807, 2.05) is 0 Å². The smallest absolute Gasteiger partial charge is 0.202 e. The molecule has 1 aromatic carbocycles. The minimum atomic E-state index is -3.38. The first-order chi connectivity index (χ1) is 7.06. The molecule has 0 bridgehead atoms. The van der Waals surface area contributed by atoms with Crippen LogP contribution in [-0.4, -0.2) is 22.1 Å². The Bertz CT molecular complexity index is 532. The third-order valence-electron chi connectivity index (χ3n) is 2.19. The van der Waals surface area contributed by atoms with Gasteiger partial charge in [0.2, 0.25) is 9.84 Å². The lowest BCUT2D eigenvalue weighted by Crippen LogP contribution is -1.94. The molecule has 0 aromatic heterocycles. The summed E-state index contributed by atoms with van der Waals surface area (Å²) in [4.78, 5) is 0.193. The van der Waals surface area contributed by atoms with Crippen LogP contribution < -0.4 is 0 Å². The van der Waals surface area contributed by atoms with Gasteiger partial charge in [-0.05, 0) is 11.6 Å². The van der Waals surface area contributed by atoms with Crippen LogP contribution in [0.5, 0.6) is 0 Å². The fraction of sp³-hybridized carbons (Fsp3) is 0.200. The summed E-state index contributed by atoms with van der Waals surface area (Å²) in [5.74, 6) is 0. The molecule has 1 aliphatic heterocycles. The maximum absolute atomic E-state index is 11.7. The highest BCUT2D eigenvalue weighted by molar-refractivity contribution is 7.95. The number of hydrogen-bond donors (Lipinski definition) is 0. The Labute approximate surface area is 93.2 Å². The highest BCUT2D eigenvalue weighted by Crippen LogP contribution is 2.37. The van der Waals surface area contributed by atoms with Gasteiger partial charge in [-0.3, -0.25) is 0 Å². The van der Waals surface area contributed by atoms with Gasteiger partial charge in [-0.1, -0.05) is 23.7 Å². The lowest BCUT2D eigenvalue weighted by molar-refractivity contribution is 0.240. The molecule has 80 valence electrons. The fourth-order valence-electron chi connectivity index (χ4n) is 1.63. The van der Waals surface area contributed by atoms with E-state index in [-0.39, 0.29) is 16.5 Å². The molecule has 5 heteroatoms. The molecule has 15 heavy (non-hydrogen) atoms. The van der Waals surface area contributed by atoms with Crippen molar-refractivity contribution in [2.75, 3.05) is 13.7 Å². The number of benzene rings is 1. The summed E-state index contributed by atoms with van der Waals surface area (Å²) in [5.41, 5.74) is 1.29. The molecule has 0 unspecified atom stereocenters. The molecule has 1 aliphatic rings. The van der Waals surface area contributed by atoms with E-state index in [2.05, 4.69) is 0 Å². The van der Waals surface area contributed by atoms with Crippen LogP contribution in [0.15, 0.2) is 28.5 Å². The van der Waals surface area contributed by atoms with Gasteiger partial charge in [-0.25, -0.2) is 8.42 Å². The first-order valence-corrected chi connectivity index (χ1v) is 6.22. The standard InChI is InChI=1S/C10H9ClO3S/c1-14-5-7-6-15(12,13)10-8(7)3-2-4-9(10)11/h2-4,6H,5H2,1H3. The number of sulfone groups is 1. The lowest BCUT2D eigenvalue weighted by Gasteiger charge is -2.03. The summed E-state index contributed by atoms with van der Waals surface area (Å²) in [6, 6.07) is 5.03. The number of fused-ring (bicyclic) bond motifs is 1. The highest BCUT2D eigenvalue weighted by atomic mass is 35.5. The average Bonchev–Trinajstić information content (AvgIpc) is 2.40. The summed E-state index contributed by atoms with van der Waals surface area (Å²) < 4.78 is 28.4. The van der Waals surface area contributed by atoms with E-state index >= 15 is 0 Å². The normalized spacial score (nSPS) is 17.3. The van der Waals surface area contributed by atoms with Crippen LogP contribution in [0.1, 0.15) is 5.56 Å². The zero-order valence-corrected chi connectivity index (χ0v) is 9.60. The second kappa shape index (κ2) is 3.63. The summed E-state index contributed by atoms with van der Waals surface area (Å²) in [7, 11) is -1.86. The van der Waals surface area contributed by atoms with Crippen molar-refractivity contribution in [2.45, 2.75) is 4.90 Å². The fourth-order valence-corrected chi connectivity index (χ4v) is 3.66. The molecule has 1 aromatic rings. The largest absolute Gasteiger partial charge is 0.380 e. The Morgan fingerprint density at radius 1 is 1.40 bits per heavy atom. The third-order valence-corrected chi connectivity index (χ3v) is 4.23. The predicted octanol–water partition coefficient (Wildman–Crippen LogP) is 2.11. The van der Waals surface area contributed by atoms with Gasteiger partial charge in [0.05, 0.1) is 16.5 Å². The highest BCUT2D eigenvalue weighted by Gasteiger charge is 2.28. The number of hydrogen-bond acceptors (Lipinski definition) is 3. The van der Waals surface area contributed by atoms with Gasteiger partial charge in [0.15, 0.2) is 0 Å². The van der Waals surface area contributed by atoms with Crippen molar-refractivity contribution < 1.29 is 13.2 Å². The Kier molecular flexibility index (Phi) is 2.58. The summed E-state index contributed by atoms with van der Waals surface area (Å²) in [5, 5.41) is 1.47. The Hall–Kier alpha value is -0.840. The second-order valence-corrected chi connectivity index (χ2v) is 5.38. The van der Waals surface area contributed by atoms with Crippen molar-refractivity contribution in [2.24, 2.45) is 0 Å². The van der Waals surface area contributed by atoms with Gasteiger partial charge in [-0.2, -0.15) is 0 Å². The van der Waals surface area contributed by atoms with Gasteiger partial charge in [0, 0.05) is 18.1 Å². The van der Waals surface area contributed by atoms with E-state index in [1.54, 1.807) is 18.2 Å². The van der Waals surface area contributed by atoms with Gasteiger partial charge in [0.1, 0.15) is 0 Å². The van der Waals surface area contributed by atoms with E-state index in [9.17, 15) is 8.42 Å². The van der Waals surface area contributed by atoms with Crippen molar-refractivity contribution in [3.63, 3.8) is 0 Å². The molecule has 0 saturated carbocycles. The Morgan fingerprint density at radius 3 is 2.80 bits per heavy atom. The summed E-state index contributed by atoms with van der Waals surface area (Å²) >= 11 is 5.87. The van der Waals surface area contributed by atoms with E-state index in [4.69, 9.17) is 16.3 Å². The van der Waals surface area contributed by atoms with Crippen molar-refractivity contribution in [3.8, 4) is 0 Å².